The first-order valence-corrected chi connectivity index (χ1v) is 7.48. The minimum atomic E-state index is -0.475. The molecule has 0 aromatic carbocycles. The molecule has 1 aliphatic rings. The van der Waals surface area contributed by atoms with Gasteiger partial charge in [0.1, 0.15) is 6.10 Å². The Balaban J connectivity index is 1.48. The summed E-state index contributed by atoms with van der Waals surface area (Å²) < 4.78 is 5.88. The lowest BCUT2D eigenvalue weighted by atomic mass is 10.1. The van der Waals surface area contributed by atoms with E-state index in [0.29, 0.717) is 11.4 Å². The zero-order valence-electron chi connectivity index (χ0n) is 12.4. The van der Waals surface area contributed by atoms with Gasteiger partial charge in [-0.05, 0) is 31.0 Å². The number of carbonyl (C=O) groups is 1. The summed E-state index contributed by atoms with van der Waals surface area (Å²) in [6, 6.07) is 7.47. The van der Waals surface area contributed by atoms with Crippen molar-refractivity contribution in [2.45, 2.75) is 25.5 Å². The summed E-state index contributed by atoms with van der Waals surface area (Å²) in [4.78, 5) is 20.8. The minimum Gasteiger partial charge on any atom is -0.474 e. The van der Waals surface area contributed by atoms with Gasteiger partial charge >= 0.3 is 0 Å². The number of carbonyl (C=O) groups excluding carboxylic acids is 1. The number of nitrogens with two attached hydrogens (primary N) is 1. The lowest BCUT2D eigenvalue weighted by Crippen LogP contribution is -2.38. The van der Waals surface area contributed by atoms with Crippen molar-refractivity contribution in [3.8, 4) is 5.88 Å². The maximum atomic E-state index is 11.0. The van der Waals surface area contributed by atoms with Crippen LogP contribution in [0.15, 0.2) is 36.7 Å². The van der Waals surface area contributed by atoms with Gasteiger partial charge in [-0.1, -0.05) is 0 Å². The number of amides is 1. The molecule has 3 N–H and O–H groups in total. The van der Waals surface area contributed by atoms with E-state index in [0.717, 1.165) is 32.5 Å². The van der Waals surface area contributed by atoms with Gasteiger partial charge in [-0.25, -0.2) is 4.98 Å². The highest BCUT2D eigenvalue weighted by Crippen LogP contribution is 2.18. The molecule has 1 fully saturated rings. The number of aromatic nitrogens is 2. The molecule has 6 heteroatoms. The molecule has 0 unspecified atom stereocenters. The molecule has 0 atom stereocenters. The number of pyridine rings is 1. The molecular weight excluding hydrogens is 280 g/mol. The first-order chi connectivity index (χ1) is 10.7. The van der Waals surface area contributed by atoms with Gasteiger partial charge in [0, 0.05) is 43.8 Å². The van der Waals surface area contributed by atoms with Gasteiger partial charge in [-0.15, -0.1) is 0 Å². The van der Waals surface area contributed by atoms with E-state index in [1.54, 1.807) is 12.1 Å². The molecule has 6 nitrogen and oxygen atoms in total. The Morgan fingerprint density at radius 2 is 2.18 bits per heavy atom. The summed E-state index contributed by atoms with van der Waals surface area (Å²) in [5.74, 6) is 0.0736. The lowest BCUT2D eigenvalue weighted by Gasteiger charge is -2.31. The minimum absolute atomic E-state index is 0.173. The Morgan fingerprint density at radius 1 is 1.36 bits per heavy atom. The second kappa shape index (κ2) is 6.62. The van der Waals surface area contributed by atoms with Crippen LogP contribution in [0.1, 0.15) is 28.9 Å². The molecule has 0 saturated carbocycles. The predicted molar refractivity (Wildman–Crippen MR) is 82.5 cm³/mol. The number of aromatic amines is 1. The molecule has 0 radical (unpaired) electrons. The van der Waals surface area contributed by atoms with Gasteiger partial charge in [0.25, 0.3) is 0 Å². The Morgan fingerprint density at radius 3 is 2.77 bits per heavy atom. The van der Waals surface area contributed by atoms with Gasteiger partial charge < -0.3 is 15.5 Å². The van der Waals surface area contributed by atoms with Gasteiger partial charge in [-0.3, -0.25) is 9.69 Å². The van der Waals surface area contributed by atoms with E-state index >= 15 is 0 Å². The number of likely N-dealkylation sites (tertiary alicyclic amines) is 1. The number of primary amides is 1. The Labute approximate surface area is 129 Å². The molecule has 2 aromatic heterocycles. The smallest absolute Gasteiger partial charge is 0.250 e. The summed E-state index contributed by atoms with van der Waals surface area (Å²) in [5.41, 5.74) is 6.83. The third kappa shape index (κ3) is 3.65. The van der Waals surface area contributed by atoms with Crippen molar-refractivity contribution in [1.29, 1.82) is 0 Å². The number of piperidine rings is 1. The zero-order chi connectivity index (χ0) is 15.4. The van der Waals surface area contributed by atoms with Gasteiger partial charge in [0.05, 0.1) is 5.56 Å². The topological polar surface area (TPSA) is 84.2 Å². The summed E-state index contributed by atoms with van der Waals surface area (Å²) in [5, 5.41) is 0. The number of H-pyrrole nitrogens is 1. The Hall–Kier alpha value is -2.34. The summed E-state index contributed by atoms with van der Waals surface area (Å²) >= 11 is 0. The van der Waals surface area contributed by atoms with E-state index in [4.69, 9.17) is 10.5 Å². The molecule has 22 heavy (non-hydrogen) atoms. The van der Waals surface area contributed by atoms with E-state index < -0.39 is 5.91 Å². The van der Waals surface area contributed by atoms with Crippen LogP contribution in [0.4, 0.5) is 0 Å². The van der Waals surface area contributed by atoms with Crippen LogP contribution in [0.25, 0.3) is 0 Å². The summed E-state index contributed by atoms with van der Waals surface area (Å²) in [6.45, 7) is 2.96. The van der Waals surface area contributed by atoms with Crippen LogP contribution in [0, 0.1) is 0 Å². The second-order valence-electron chi connectivity index (χ2n) is 5.54. The number of hydrogen-bond donors (Lipinski definition) is 2. The first-order valence-electron chi connectivity index (χ1n) is 7.48. The standard InChI is InChI=1S/C16H20N4O2/c17-16(21)12-3-4-15(19-10-12)22-14-5-8-20(9-6-14)11-13-2-1-7-18-13/h1-4,7,10,14,18H,5-6,8-9,11H2,(H2,17,21). The predicted octanol–water partition coefficient (Wildman–Crippen LogP) is 1.55. The van der Waals surface area contributed by atoms with E-state index in [1.807, 2.05) is 12.3 Å². The van der Waals surface area contributed by atoms with Crippen LogP contribution >= 0.6 is 0 Å². The van der Waals surface area contributed by atoms with E-state index in [1.165, 1.54) is 11.9 Å². The zero-order valence-corrected chi connectivity index (χ0v) is 12.4. The molecule has 0 bridgehead atoms. The van der Waals surface area contributed by atoms with Crippen molar-refractivity contribution in [3.63, 3.8) is 0 Å². The van der Waals surface area contributed by atoms with Crippen LogP contribution in [-0.2, 0) is 6.54 Å². The molecule has 3 heterocycles. The van der Waals surface area contributed by atoms with Crippen molar-refractivity contribution in [2.75, 3.05) is 13.1 Å². The highest BCUT2D eigenvalue weighted by atomic mass is 16.5. The molecule has 3 rings (SSSR count). The highest BCUT2D eigenvalue weighted by Gasteiger charge is 2.21. The number of hydrogen-bond acceptors (Lipinski definition) is 4. The monoisotopic (exact) mass is 300 g/mol. The SMILES string of the molecule is NC(=O)c1ccc(OC2CCN(Cc3ccc[nH]3)CC2)nc1. The van der Waals surface area contributed by atoms with Gasteiger partial charge in [-0.2, -0.15) is 0 Å². The largest absolute Gasteiger partial charge is 0.474 e. The highest BCUT2D eigenvalue weighted by molar-refractivity contribution is 5.92. The molecule has 1 aliphatic heterocycles. The number of nitrogens with one attached hydrogen (secondary N) is 1. The van der Waals surface area contributed by atoms with Crippen molar-refractivity contribution >= 4 is 5.91 Å². The van der Waals surface area contributed by atoms with Crippen LogP contribution in [0.5, 0.6) is 5.88 Å². The van der Waals surface area contributed by atoms with Gasteiger partial charge in [0.2, 0.25) is 11.8 Å². The van der Waals surface area contributed by atoms with Crippen LogP contribution in [0.3, 0.4) is 0 Å². The van der Waals surface area contributed by atoms with Crippen molar-refractivity contribution in [2.24, 2.45) is 5.73 Å². The van der Waals surface area contributed by atoms with Crippen molar-refractivity contribution < 1.29 is 9.53 Å². The van der Waals surface area contributed by atoms with E-state index in [2.05, 4.69) is 20.9 Å². The maximum Gasteiger partial charge on any atom is 0.250 e. The summed E-state index contributed by atoms with van der Waals surface area (Å²) in [6.07, 6.45) is 5.52. The Bertz CT molecular complexity index is 602. The molecule has 0 spiro atoms. The molecular formula is C16H20N4O2. The quantitative estimate of drug-likeness (QED) is 0.877. The van der Waals surface area contributed by atoms with E-state index in [9.17, 15) is 4.79 Å². The number of ether oxygens (including phenoxy) is 1. The van der Waals surface area contributed by atoms with E-state index in [-0.39, 0.29) is 6.10 Å². The van der Waals surface area contributed by atoms with Crippen LogP contribution < -0.4 is 10.5 Å². The maximum absolute atomic E-state index is 11.0. The third-order valence-corrected chi connectivity index (χ3v) is 3.90. The van der Waals surface area contributed by atoms with Crippen molar-refractivity contribution in [3.05, 3.63) is 47.9 Å². The lowest BCUT2D eigenvalue weighted by molar-refractivity contribution is 0.0925. The van der Waals surface area contributed by atoms with Crippen molar-refractivity contribution in [1.82, 2.24) is 14.9 Å². The molecule has 2 aromatic rings. The van der Waals surface area contributed by atoms with Gasteiger partial charge in [0.15, 0.2) is 0 Å². The normalized spacial score (nSPS) is 16.5. The fourth-order valence-electron chi connectivity index (χ4n) is 2.66. The number of rotatable bonds is 5. The average molecular weight is 300 g/mol. The third-order valence-electron chi connectivity index (χ3n) is 3.90. The fourth-order valence-corrected chi connectivity index (χ4v) is 2.66. The van der Waals surface area contributed by atoms with Crippen LogP contribution in [0.2, 0.25) is 0 Å². The summed E-state index contributed by atoms with van der Waals surface area (Å²) in [7, 11) is 0. The van der Waals surface area contributed by atoms with Crippen LogP contribution in [-0.4, -0.2) is 40.0 Å². The molecule has 1 saturated heterocycles. The number of nitrogens with zero attached hydrogens (tertiary/aromatic N) is 2. The second-order valence-corrected chi connectivity index (χ2v) is 5.54. The Kier molecular flexibility index (Phi) is 4.39. The molecule has 0 aliphatic carbocycles. The average Bonchev–Trinajstić information content (AvgIpc) is 3.03. The molecule has 116 valence electrons. The fraction of sp³-hybridized carbons (Fsp3) is 0.375. The molecule has 1 amide bonds. The first kappa shape index (κ1) is 14.6.